The van der Waals surface area contributed by atoms with Crippen LogP contribution < -0.4 is 10.5 Å². The molecular weight excluding hydrogens is 333 g/mol. The molecule has 0 heterocycles. The lowest BCUT2D eigenvalue weighted by molar-refractivity contribution is -0.172. The molecule has 0 spiro atoms. The lowest BCUT2D eigenvalue weighted by atomic mass is 9.48. The first-order valence-corrected chi connectivity index (χ1v) is 9.83. The number of primary amides is 1. The fourth-order valence-corrected chi connectivity index (χ4v) is 6.40. The van der Waals surface area contributed by atoms with Crippen molar-refractivity contribution < 1.29 is 19.0 Å². The molecule has 0 radical (unpaired) electrons. The maximum Gasteiger partial charge on any atom is 0.251 e. The number of rotatable bonds is 5. The maximum atomic E-state index is 14.3. The van der Waals surface area contributed by atoms with Crippen LogP contribution in [0.15, 0.2) is 12.1 Å². The largest absolute Gasteiger partial charge is 0.493 e. The molecule has 4 bridgehead atoms. The Morgan fingerprint density at radius 2 is 1.92 bits per heavy atom. The molecule has 140 valence electrons. The molecule has 4 nitrogen and oxygen atoms in total. The predicted octanol–water partition coefficient (Wildman–Crippen LogP) is 3.51. The van der Waals surface area contributed by atoms with Gasteiger partial charge in [0, 0.05) is 11.5 Å². The summed E-state index contributed by atoms with van der Waals surface area (Å²) in [5.74, 6) is 0.741. The van der Waals surface area contributed by atoms with E-state index < -0.39 is 17.3 Å². The van der Waals surface area contributed by atoms with Crippen LogP contribution in [-0.4, -0.2) is 23.2 Å². The Balaban J connectivity index is 1.40. The average Bonchev–Trinajstić information content (AvgIpc) is 3.35. The van der Waals surface area contributed by atoms with E-state index in [-0.39, 0.29) is 11.0 Å². The first-order chi connectivity index (χ1) is 12.3. The SMILES string of the molecule is NC(=O)c1cc(C2CC2)c(OCC23CC4CC(CC(O)(C4)C2)C3)cc1F. The fraction of sp³-hybridized carbons (Fsp3) is 0.667. The number of aliphatic hydroxyl groups is 1. The van der Waals surface area contributed by atoms with Gasteiger partial charge < -0.3 is 15.6 Å². The Morgan fingerprint density at radius 1 is 1.23 bits per heavy atom. The van der Waals surface area contributed by atoms with E-state index in [2.05, 4.69) is 0 Å². The van der Waals surface area contributed by atoms with Crippen LogP contribution in [0.5, 0.6) is 5.75 Å². The van der Waals surface area contributed by atoms with E-state index in [0.717, 1.165) is 50.5 Å². The molecule has 2 unspecified atom stereocenters. The van der Waals surface area contributed by atoms with E-state index in [1.807, 2.05) is 0 Å². The number of hydrogen-bond acceptors (Lipinski definition) is 3. The van der Waals surface area contributed by atoms with Crippen molar-refractivity contribution in [3.8, 4) is 5.75 Å². The molecule has 5 aliphatic carbocycles. The van der Waals surface area contributed by atoms with Gasteiger partial charge in [-0.1, -0.05) is 0 Å². The van der Waals surface area contributed by atoms with Gasteiger partial charge in [-0.25, -0.2) is 4.39 Å². The zero-order valence-electron chi connectivity index (χ0n) is 15.0. The maximum absolute atomic E-state index is 14.3. The summed E-state index contributed by atoms with van der Waals surface area (Å²) in [4.78, 5) is 11.5. The smallest absolute Gasteiger partial charge is 0.251 e. The van der Waals surface area contributed by atoms with Crippen LogP contribution >= 0.6 is 0 Å². The quantitative estimate of drug-likeness (QED) is 0.845. The minimum Gasteiger partial charge on any atom is -0.493 e. The molecule has 2 atom stereocenters. The summed E-state index contributed by atoms with van der Waals surface area (Å²) in [7, 11) is 0. The van der Waals surface area contributed by atoms with Gasteiger partial charge in [-0.3, -0.25) is 4.79 Å². The minimum absolute atomic E-state index is 0.0124. The summed E-state index contributed by atoms with van der Waals surface area (Å²) in [5, 5.41) is 10.9. The molecule has 3 N–H and O–H groups in total. The van der Waals surface area contributed by atoms with Gasteiger partial charge >= 0.3 is 0 Å². The molecular formula is C21H26FNO3. The summed E-state index contributed by atoms with van der Waals surface area (Å²) in [6.45, 7) is 0.525. The third kappa shape index (κ3) is 2.72. The second-order valence-corrected chi connectivity index (χ2v) is 9.48. The Morgan fingerprint density at radius 3 is 2.50 bits per heavy atom. The summed E-state index contributed by atoms with van der Waals surface area (Å²) in [6, 6.07) is 2.92. The molecule has 5 saturated carbocycles. The number of hydrogen-bond donors (Lipinski definition) is 2. The molecule has 5 heteroatoms. The lowest BCUT2D eigenvalue weighted by Crippen LogP contribution is -2.57. The van der Waals surface area contributed by atoms with E-state index >= 15 is 0 Å². The number of amides is 1. The van der Waals surface area contributed by atoms with Crippen molar-refractivity contribution in [3.63, 3.8) is 0 Å². The molecule has 26 heavy (non-hydrogen) atoms. The van der Waals surface area contributed by atoms with Crippen molar-refractivity contribution in [2.24, 2.45) is 23.0 Å². The van der Waals surface area contributed by atoms with Gasteiger partial charge in [0.15, 0.2) is 0 Å². The van der Waals surface area contributed by atoms with Crippen LogP contribution in [-0.2, 0) is 0 Å². The van der Waals surface area contributed by atoms with Crippen molar-refractivity contribution >= 4 is 5.91 Å². The van der Waals surface area contributed by atoms with Gasteiger partial charge in [-0.15, -0.1) is 0 Å². The van der Waals surface area contributed by atoms with E-state index in [4.69, 9.17) is 10.5 Å². The second kappa shape index (κ2) is 5.44. The Kier molecular flexibility index (Phi) is 3.46. The minimum atomic E-state index is -0.737. The molecule has 5 aliphatic rings. The van der Waals surface area contributed by atoms with Gasteiger partial charge in [0.05, 0.1) is 17.8 Å². The zero-order chi connectivity index (χ0) is 18.1. The highest BCUT2D eigenvalue weighted by molar-refractivity contribution is 5.93. The van der Waals surface area contributed by atoms with Crippen LogP contribution in [0.2, 0.25) is 0 Å². The Labute approximate surface area is 152 Å². The first-order valence-electron chi connectivity index (χ1n) is 9.83. The zero-order valence-corrected chi connectivity index (χ0v) is 15.0. The van der Waals surface area contributed by atoms with Gasteiger partial charge in [0.2, 0.25) is 0 Å². The number of benzene rings is 1. The van der Waals surface area contributed by atoms with E-state index in [9.17, 15) is 14.3 Å². The van der Waals surface area contributed by atoms with Crippen molar-refractivity contribution in [1.29, 1.82) is 0 Å². The second-order valence-electron chi connectivity index (χ2n) is 9.48. The van der Waals surface area contributed by atoms with Crippen molar-refractivity contribution in [1.82, 2.24) is 0 Å². The van der Waals surface area contributed by atoms with E-state index in [0.29, 0.717) is 30.1 Å². The molecule has 1 amide bonds. The number of halogens is 1. The van der Waals surface area contributed by atoms with Crippen LogP contribution in [0.25, 0.3) is 0 Å². The topological polar surface area (TPSA) is 72.6 Å². The Bertz CT molecular complexity index is 759. The summed E-state index contributed by atoms with van der Waals surface area (Å²) in [5.41, 5.74) is 5.64. The third-order valence-electron chi connectivity index (χ3n) is 7.07. The van der Waals surface area contributed by atoms with Crippen LogP contribution in [0, 0.1) is 23.1 Å². The molecule has 5 fully saturated rings. The molecule has 1 aromatic rings. The van der Waals surface area contributed by atoms with Gasteiger partial charge in [0.25, 0.3) is 5.91 Å². The number of carbonyl (C=O) groups excluding carboxylic acids is 1. The summed E-state index contributed by atoms with van der Waals surface area (Å²) < 4.78 is 20.5. The fourth-order valence-electron chi connectivity index (χ4n) is 6.40. The number of ether oxygens (including phenoxy) is 1. The van der Waals surface area contributed by atoms with Crippen LogP contribution in [0.4, 0.5) is 4.39 Å². The van der Waals surface area contributed by atoms with Crippen LogP contribution in [0.1, 0.15) is 73.2 Å². The summed E-state index contributed by atoms with van der Waals surface area (Å²) >= 11 is 0. The molecule has 0 aromatic heterocycles. The van der Waals surface area contributed by atoms with E-state index in [1.165, 1.54) is 12.5 Å². The number of carbonyl (C=O) groups is 1. The average molecular weight is 359 g/mol. The predicted molar refractivity (Wildman–Crippen MR) is 94.5 cm³/mol. The highest BCUT2D eigenvalue weighted by atomic mass is 19.1. The Hall–Kier alpha value is -1.62. The summed E-state index contributed by atoms with van der Waals surface area (Å²) in [6.07, 6.45) is 8.18. The van der Waals surface area contributed by atoms with Crippen molar-refractivity contribution in [2.45, 2.75) is 62.9 Å². The normalized spacial score (nSPS) is 37.8. The molecule has 0 aliphatic heterocycles. The van der Waals surface area contributed by atoms with Gasteiger partial charge in [-0.05, 0) is 80.8 Å². The first kappa shape index (κ1) is 16.5. The van der Waals surface area contributed by atoms with Gasteiger partial charge in [0.1, 0.15) is 11.6 Å². The highest BCUT2D eigenvalue weighted by Crippen LogP contribution is 2.61. The highest BCUT2D eigenvalue weighted by Gasteiger charge is 2.57. The monoisotopic (exact) mass is 359 g/mol. The van der Waals surface area contributed by atoms with Crippen molar-refractivity contribution in [3.05, 3.63) is 29.1 Å². The van der Waals surface area contributed by atoms with E-state index in [1.54, 1.807) is 6.07 Å². The third-order valence-corrected chi connectivity index (χ3v) is 7.07. The standard InChI is InChI=1S/C21H26FNO3/c22-17-5-18(15(14-1-2-14)4-16(17)19(23)24)26-11-20-6-12-3-13(7-20)9-21(25,8-12)10-20/h4-5,12-14,25H,1-3,6-11H2,(H2,23,24). The molecule has 0 saturated heterocycles. The number of nitrogens with two attached hydrogens (primary N) is 1. The molecule has 6 rings (SSSR count). The molecule has 1 aromatic carbocycles. The van der Waals surface area contributed by atoms with Gasteiger partial charge in [-0.2, -0.15) is 0 Å². The van der Waals surface area contributed by atoms with Crippen LogP contribution in [0.3, 0.4) is 0 Å². The van der Waals surface area contributed by atoms with Crippen molar-refractivity contribution in [2.75, 3.05) is 6.61 Å². The lowest BCUT2D eigenvalue weighted by Gasteiger charge is -2.60.